The molecule has 0 saturated heterocycles. The van der Waals surface area contributed by atoms with Crippen LogP contribution in [0.4, 0.5) is 0 Å². The van der Waals surface area contributed by atoms with Crippen LogP contribution in [0.3, 0.4) is 0 Å². The first-order valence-electron chi connectivity index (χ1n) is 4.13. The number of rotatable bonds is 3. The molecule has 0 aromatic heterocycles. The van der Waals surface area contributed by atoms with Gasteiger partial charge < -0.3 is 14.2 Å². The van der Waals surface area contributed by atoms with Gasteiger partial charge in [-0.25, -0.2) is 4.79 Å². The number of halogens is 1. The van der Waals surface area contributed by atoms with Crippen LogP contribution in [0.2, 0.25) is 0 Å². The maximum Gasteiger partial charge on any atom is 0.338 e. The van der Waals surface area contributed by atoms with Gasteiger partial charge in [-0.15, -0.1) is 0 Å². The van der Waals surface area contributed by atoms with Gasteiger partial charge in [0.15, 0.2) is 11.5 Å². The van der Waals surface area contributed by atoms with Crippen molar-refractivity contribution in [2.24, 2.45) is 0 Å². The number of benzene rings is 1. The number of hydrogen-bond acceptors (Lipinski definition) is 4. The van der Waals surface area contributed by atoms with Crippen LogP contribution in [0.25, 0.3) is 0 Å². The second-order valence-electron chi connectivity index (χ2n) is 2.69. The normalized spacial score (nSPS) is 9.60. The maximum atomic E-state index is 11.3. The van der Waals surface area contributed by atoms with E-state index in [1.165, 1.54) is 21.3 Å². The summed E-state index contributed by atoms with van der Waals surface area (Å²) >= 11 is 3.28. The van der Waals surface area contributed by atoms with Crippen LogP contribution < -0.4 is 9.47 Å². The molecule has 1 rings (SSSR count). The van der Waals surface area contributed by atoms with Crippen LogP contribution in [-0.4, -0.2) is 27.3 Å². The van der Waals surface area contributed by atoms with Gasteiger partial charge >= 0.3 is 5.97 Å². The first-order chi connectivity index (χ1) is 7.13. The Morgan fingerprint density at radius 2 is 1.87 bits per heavy atom. The molecular formula is C10H11BrO4. The number of carbonyl (C=O) groups excluding carboxylic acids is 1. The second kappa shape index (κ2) is 5.02. The smallest absolute Gasteiger partial charge is 0.338 e. The summed E-state index contributed by atoms with van der Waals surface area (Å²) in [5.41, 5.74) is 0.405. The fraction of sp³-hybridized carbons (Fsp3) is 0.300. The van der Waals surface area contributed by atoms with E-state index in [1.807, 2.05) is 0 Å². The van der Waals surface area contributed by atoms with E-state index < -0.39 is 5.97 Å². The number of esters is 1. The van der Waals surface area contributed by atoms with Crippen molar-refractivity contribution in [2.45, 2.75) is 0 Å². The summed E-state index contributed by atoms with van der Waals surface area (Å²) in [6, 6.07) is 3.18. The van der Waals surface area contributed by atoms with E-state index in [1.54, 1.807) is 12.1 Å². The van der Waals surface area contributed by atoms with Gasteiger partial charge in [0, 0.05) is 0 Å². The van der Waals surface area contributed by atoms with Gasteiger partial charge in [0.2, 0.25) is 0 Å². The largest absolute Gasteiger partial charge is 0.493 e. The van der Waals surface area contributed by atoms with E-state index in [0.29, 0.717) is 21.5 Å². The van der Waals surface area contributed by atoms with Gasteiger partial charge in [-0.3, -0.25) is 0 Å². The number of hydrogen-bond donors (Lipinski definition) is 0. The standard InChI is InChI=1S/C10H11BrO4/c1-13-8-5-6(10(12)15-3)4-7(11)9(8)14-2/h4-5H,1-3H3. The lowest BCUT2D eigenvalue weighted by molar-refractivity contribution is 0.0600. The molecule has 0 N–H and O–H groups in total. The Labute approximate surface area is 96.3 Å². The monoisotopic (exact) mass is 274 g/mol. The minimum Gasteiger partial charge on any atom is -0.493 e. The first-order valence-corrected chi connectivity index (χ1v) is 4.93. The predicted octanol–water partition coefficient (Wildman–Crippen LogP) is 2.25. The lowest BCUT2D eigenvalue weighted by Crippen LogP contribution is -2.02. The molecule has 0 aliphatic carbocycles. The fourth-order valence-electron chi connectivity index (χ4n) is 1.15. The average molecular weight is 275 g/mol. The molecule has 0 atom stereocenters. The SMILES string of the molecule is COC(=O)c1cc(Br)c(OC)c(OC)c1. The Morgan fingerprint density at radius 3 is 2.33 bits per heavy atom. The highest BCUT2D eigenvalue weighted by molar-refractivity contribution is 9.10. The van der Waals surface area contributed by atoms with Gasteiger partial charge in [-0.2, -0.15) is 0 Å². The predicted molar refractivity (Wildman–Crippen MR) is 58.6 cm³/mol. The molecule has 1 aromatic rings. The van der Waals surface area contributed by atoms with Crippen molar-refractivity contribution in [1.29, 1.82) is 0 Å². The molecule has 0 aliphatic rings. The molecule has 4 nitrogen and oxygen atoms in total. The number of methoxy groups -OCH3 is 3. The molecule has 82 valence electrons. The summed E-state index contributed by atoms with van der Waals surface area (Å²) in [7, 11) is 4.36. The zero-order valence-electron chi connectivity index (χ0n) is 8.67. The maximum absolute atomic E-state index is 11.3. The van der Waals surface area contributed by atoms with Crippen LogP contribution in [-0.2, 0) is 4.74 Å². The van der Waals surface area contributed by atoms with Crippen LogP contribution >= 0.6 is 15.9 Å². The first kappa shape index (κ1) is 11.8. The van der Waals surface area contributed by atoms with Crippen molar-refractivity contribution < 1.29 is 19.0 Å². The highest BCUT2D eigenvalue weighted by atomic mass is 79.9. The Balaban J connectivity index is 3.25. The highest BCUT2D eigenvalue weighted by Crippen LogP contribution is 2.36. The minimum absolute atomic E-state index is 0.405. The Hall–Kier alpha value is -1.23. The van der Waals surface area contributed by atoms with Crippen LogP contribution in [0, 0.1) is 0 Å². The molecule has 0 bridgehead atoms. The van der Waals surface area contributed by atoms with Crippen molar-refractivity contribution in [1.82, 2.24) is 0 Å². The Kier molecular flexibility index (Phi) is 3.96. The van der Waals surface area contributed by atoms with E-state index in [-0.39, 0.29) is 0 Å². The zero-order chi connectivity index (χ0) is 11.4. The highest BCUT2D eigenvalue weighted by Gasteiger charge is 2.14. The molecule has 1 aromatic carbocycles. The van der Waals surface area contributed by atoms with E-state index in [4.69, 9.17) is 9.47 Å². The third-order valence-corrected chi connectivity index (χ3v) is 2.44. The summed E-state index contributed by atoms with van der Waals surface area (Å²) in [6.45, 7) is 0. The Bertz CT molecular complexity index is 376. The van der Waals surface area contributed by atoms with Crippen molar-refractivity contribution in [3.63, 3.8) is 0 Å². The topological polar surface area (TPSA) is 44.8 Å². The van der Waals surface area contributed by atoms with E-state index >= 15 is 0 Å². The molecule has 0 aliphatic heterocycles. The van der Waals surface area contributed by atoms with Gasteiger partial charge in [-0.1, -0.05) is 0 Å². The van der Waals surface area contributed by atoms with Crippen LogP contribution in [0.1, 0.15) is 10.4 Å². The Morgan fingerprint density at radius 1 is 1.20 bits per heavy atom. The average Bonchev–Trinajstić information content (AvgIpc) is 2.26. The summed E-state index contributed by atoms with van der Waals surface area (Å²) in [5.74, 6) is 0.606. The van der Waals surface area contributed by atoms with Gasteiger partial charge in [-0.05, 0) is 28.1 Å². The summed E-state index contributed by atoms with van der Waals surface area (Å²) in [6.07, 6.45) is 0. The van der Waals surface area contributed by atoms with Crippen molar-refractivity contribution >= 4 is 21.9 Å². The van der Waals surface area contributed by atoms with Crippen LogP contribution in [0.15, 0.2) is 16.6 Å². The number of carbonyl (C=O) groups is 1. The molecule has 0 radical (unpaired) electrons. The zero-order valence-corrected chi connectivity index (χ0v) is 10.3. The lowest BCUT2D eigenvalue weighted by Gasteiger charge is -2.10. The fourth-order valence-corrected chi connectivity index (χ4v) is 1.76. The van der Waals surface area contributed by atoms with E-state index in [0.717, 1.165) is 0 Å². The summed E-state index contributed by atoms with van der Waals surface area (Å²) in [4.78, 5) is 11.3. The minimum atomic E-state index is -0.420. The summed E-state index contributed by atoms with van der Waals surface area (Å²) < 4.78 is 15.5. The van der Waals surface area contributed by atoms with Gasteiger partial charge in [0.25, 0.3) is 0 Å². The van der Waals surface area contributed by atoms with E-state index in [2.05, 4.69) is 20.7 Å². The molecule has 0 saturated carbocycles. The quantitative estimate of drug-likeness (QED) is 0.794. The lowest BCUT2D eigenvalue weighted by atomic mass is 10.2. The van der Waals surface area contributed by atoms with Gasteiger partial charge in [0.1, 0.15) is 0 Å². The molecule has 0 amide bonds. The second-order valence-corrected chi connectivity index (χ2v) is 3.54. The molecule has 15 heavy (non-hydrogen) atoms. The van der Waals surface area contributed by atoms with Crippen molar-refractivity contribution in [3.8, 4) is 11.5 Å². The molecule has 0 spiro atoms. The van der Waals surface area contributed by atoms with E-state index in [9.17, 15) is 4.79 Å². The van der Waals surface area contributed by atoms with Crippen LogP contribution in [0.5, 0.6) is 11.5 Å². The van der Waals surface area contributed by atoms with Crippen molar-refractivity contribution in [3.05, 3.63) is 22.2 Å². The third kappa shape index (κ3) is 2.41. The molecule has 0 fully saturated rings. The number of ether oxygens (including phenoxy) is 3. The van der Waals surface area contributed by atoms with Gasteiger partial charge in [0.05, 0.1) is 31.4 Å². The molecule has 0 unspecified atom stereocenters. The molecule has 0 heterocycles. The third-order valence-electron chi connectivity index (χ3n) is 1.85. The molecule has 5 heteroatoms. The molecular weight excluding hydrogens is 264 g/mol. The summed E-state index contributed by atoms with van der Waals surface area (Å²) in [5, 5.41) is 0. The van der Waals surface area contributed by atoms with Crippen molar-refractivity contribution in [2.75, 3.05) is 21.3 Å².